The minimum absolute atomic E-state index is 0.0712. The molecule has 0 unspecified atom stereocenters. The molecule has 2 amide bonds. The van der Waals surface area contributed by atoms with Gasteiger partial charge in [-0.25, -0.2) is 0 Å². The molecule has 114 valence electrons. The molecule has 5 heteroatoms. The van der Waals surface area contributed by atoms with Gasteiger partial charge in [0.2, 0.25) is 5.91 Å². The Morgan fingerprint density at radius 1 is 1.05 bits per heavy atom. The van der Waals surface area contributed by atoms with Crippen LogP contribution in [0.5, 0.6) is 0 Å². The third-order valence-electron chi connectivity index (χ3n) is 3.18. The minimum Gasteiger partial charge on any atom is -0.343 e. The first-order valence-corrected chi connectivity index (χ1v) is 7.66. The van der Waals surface area contributed by atoms with E-state index in [0.29, 0.717) is 11.3 Å². The lowest BCUT2D eigenvalue weighted by Gasteiger charge is -2.08. The van der Waals surface area contributed by atoms with E-state index < -0.39 is 0 Å². The van der Waals surface area contributed by atoms with Crippen molar-refractivity contribution in [2.75, 3.05) is 11.9 Å². The first-order chi connectivity index (χ1) is 10.5. The molecule has 0 aliphatic carbocycles. The molecule has 22 heavy (non-hydrogen) atoms. The summed E-state index contributed by atoms with van der Waals surface area (Å²) in [6.07, 6.45) is 0. The van der Waals surface area contributed by atoms with Gasteiger partial charge in [0.05, 0.1) is 6.54 Å². The van der Waals surface area contributed by atoms with Crippen molar-refractivity contribution in [1.29, 1.82) is 0 Å². The molecule has 0 radical (unpaired) electrons. The predicted octanol–water partition coefficient (Wildman–Crippen LogP) is 3.43. The second kappa shape index (κ2) is 7.22. The van der Waals surface area contributed by atoms with Crippen molar-refractivity contribution in [2.24, 2.45) is 0 Å². The van der Waals surface area contributed by atoms with E-state index in [9.17, 15) is 9.59 Å². The zero-order valence-electron chi connectivity index (χ0n) is 12.4. The van der Waals surface area contributed by atoms with Crippen LogP contribution in [0.2, 0.25) is 0 Å². The van der Waals surface area contributed by atoms with Gasteiger partial charge in [0.1, 0.15) is 0 Å². The van der Waals surface area contributed by atoms with Crippen LogP contribution in [0, 0.1) is 13.8 Å². The highest BCUT2D eigenvalue weighted by Gasteiger charge is 2.08. The lowest BCUT2D eigenvalue weighted by molar-refractivity contribution is -0.115. The Hall–Kier alpha value is -2.14. The maximum absolute atomic E-state index is 11.9. The molecule has 2 rings (SSSR count). The molecular weight excluding hydrogens is 344 g/mol. The van der Waals surface area contributed by atoms with Crippen molar-refractivity contribution < 1.29 is 9.59 Å². The molecule has 0 aliphatic heterocycles. The van der Waals surface area contributed by atoms with Gasteiger partial charge in [0.15, 0.2) is 0 Å². The third kappa shape index (κ3) is 4.43. The summed E-state index contributed by atoms with van der Waals surface area (Å²) in [7, 11) is 0. The summed E-state index contributed by atoms with van der Waals surface area (Å²) in [5, 5.41) is 5.34. The van der Waals surface area contributed by atoms with Gasteiger partial charge >= 0.3 is 0 Å². The fourth-order valence-corrected chi connectivity index (χ4v) is 2.22. The molecule has 0 bridgehead atoms. The first kappa shape index (κ1) is 16.2. The Labute approximate surface area is 138 Å². The number of aryl methyl sites for hydroxylation is 2. The van der Waals surface area contributed by atoms with Crippen molar-refractivity contribution in [3.05, 3.63) is 63.6 Å². The molecule has 0 atom stereocenters. The molecule has 0 fully saturated rings. The zero-order chi connectivity index (χ0) is 16.1. The van der Waals surface area contributed by atoms with Crippen LogP contribution in [0.25, 0.3) is 0 Å². The maximum Gasteiger partial charge on any atom is 0.251 e. The van der Waals surface area contributed by atoms with E-state index in [1.165, 1.54) is 0 Å². The molecule has 2 N–H and O–H groups in total. The molecule has 2 aromatic carbocycles. The van der Waals surface area contributed by atoms with E-state index in [1.807, 2.05) is 44.2 Å². The number of rotatable bonds is 4. The summed E-state index contributed by atoms with van der Waals surface area (Å²) in [5.41, 5.74) is 3.40. The van der Waals surface area contributed by atoms with Crippen LogP contribution in [0.1, 0.15) is 21.5 Å². The zero-order valence-corrected chi connectivity index (χ0v) is 14.0. The van der Waals surface area contributed by atoms with Gasteiger partial charge in [-0.3, -0.25) is 9.59 Å². The van der Waals surface area contributed by atoms with Crippen LogP contribution in [0.4, 0.5) is 5.69 Å². The highest BCUT2D eigenvalue weighted by Crippen LogP contribution is 2.20. The summed E-state index contributed by atoms with van der Waals surface area (Å²) >= 11 is 3.41. The number of benzene rings is 2. The summed E-state index contributed by atoms with van der Waals surface area (Å²) in [6.45, 7) is 3.85. The topological polar surface area (TPSA) is 58.2 Å². The Morgan fingerprint density at radius 2 is 1.73 bits per heavy atom. The van der Waals surface area contributed by atoms with Gasteiger partial charge in [-0.1, -0.05) is 39.7 Å². The van der Waals surface area contributed by atoms with Crippen LogP contribution < -0.4 is 10.6 Å². The highest BCUT2D eigenvalue weighted by atomic mass is 79.9. The quantitative estimate of drug-likeness (QED) is 0.877. The molecule has 2 aromatic rings. The molecule has 0 saturated carbocycles. The van der Waals surface area contributed by atoms with E-state index in [0.717, 1.165) is 15.6 Å². The highest BCUT2D eigenvalue weighted by molar-refractivity contribution is 9.10. The van der Waals surface area contributed by atoms with Gasteiger partial charge in [-0.15, -0.1) is 0 Å². The number of hydrogen-bond acceptors (Lipinski definition) is 2. The van der Waals surface area contributed by atoms with E-state index in [2.05, 4.69) is 26.6 Å². The smallest absolute Gasteiger partial charge is 0.251 e. The van der Waals surface area contributed by atoms with E-state index in [1.54, 1.807) is 12.1 Å². The van der Waals surface area contributed by atoms with Crippen molar-refractivity contribution in [3.63, 3.8) is 0 Å². The van der Waals surface area contributed by atoms with Crippen LogP contribution in [0.3, 0.4) is 0 Å². The van der Waals surface area contributed by atoms with E-state index >= 15 is 0 Å². The molecule has 4 nitrogen and oxygen atoms in total. The molecule has 0 aliphatic rings. The number of nitrogens with one attached hydrogen (secondary N) is 2. The maximum atomic E-state index is 11.9. The van der Waals surface area contributed by atoms with Gasteiger partial charge in [-0.05, 0) is 43.7 Å². The number of anilines is 1. The van der Waals surface area contributed by atoms with Crippen LogP contribution in [-0.4, -0.2) is 18.4 Å². The first-order valence-electron chi connectivity index (χ1n) is 6.86. The number of halogens is 1. The fourth-order valence-electron chi connectivity index (χ4n) is 1.84. The summed E-state index contributed by atoms with van der Waals surface area (Å²) in [6, 6.07) is 12.7. The largest absolute Gasteiger partial charge is 0.343 e. The normalized spacial score (nSPS) is 10.1. The van der Waals surface area contributed by atoms with Crippen molar-refractivity contribution >= 4 is 33.4 Å². The summed E-state index contributed by atoms with van der Waals surface area (Å²) < 4.78 is 0.925. The number of amides is 2. The van der Waals surface area contributed by atoms with Crippen LogP contribution in [-0.2, 0) is 4.79 Å². The SMILES string of the molecule is Cc1ccc(C(=O)NCC(=O)Nc2ccc(C)c(Br)c2)cc1. The number of carbonyl (C=O) groups excluding carboxylic acids is 2. The lowest BCUT2D eigenvalue weighted by atomic mass is 10.1. The summed E-state index contributed by atoms with van der Waals surface area (Å²) in [5.74, 6) is -0.531. The monoisotopic (exact) mass is 360 g/mol. The minimum atomic E-state index is -0.267. The predicted molar refractivity (Wildman–Crippen MR) is 91.0 cm³/mol. The lowest BCUT2D eigenvalue weighted by Crippen LogP contribution is -2.32. The Balaban J connectivity index is 1.88. The second-order valence-corrected chi connectivity index (χ2v) is 5.92. The van der Waals surface area contributed by atoms with E-state index in [-0.39, 0.29) is 18.4 Å². The average molecular weight is 361 g/mol. The second-order valence-electron chi connectivity index (χ2n) is 5.06. The standard InChI is InChI=1S/C17H17BrN2O2/c1-11-3-6-13(7-4-11)17(22)19-10-16(21)20-14-8-5-12(2)15(18)9-14/h3-9H,10H2,1-2H3,(H,19,22)(H,20,21). The van der Waals surface area contributed by atoms with Gasteiger partial charge < -0.3 is 10.6 Å². The van der Waals surface area contributed by atoms with Gasteiger partial charge in [0.25, 0.3) is 5.91 Å². The molecule has 0 spiro atoms. The molecular formula is C17H17BrN2O2. The average Bonchev–Trinajstić information content (AvgIpc) is 2.49. The summed E-state index contributed by atoms with van der Waals surface area (Å²) in [4.78, 5) is 23.8. The van der Waals surface area contributed by atoms with Crippen LogP contribution in [0.15, 0.2) is 46.9 Å². The van der Waals surface area contributed by atoms with Crippen molar-refractivity contribution in [3.8, 4) is 0 Å². The van der Waals surface area contributed by atoms with Crippen LogP contribution >= 0.6 is 15.9 Å². The number of carbonyl (C=O) groups is 2. The Bertz CT molecular complexity index is 696. The Morgan fingerprint density at radius 3 is 2.36 bits per heavy atom. The number of hydrogen-bond donors (Lipinski definition) is 2. The van der Waals surface area contributed by atoms with Crippen molar-refractivity contribution in [1.82, 2.24) is 5.32 Å². The van der Waals surface area contributed by atoms with Crippen molar-refractivity contribution in [2.45, 2.75) is 13.8 Å². The fraction of sp³-hybridized carbons (Fsp3) is 0.176. The van der Waals surface area contributed by atoms with E-state index in [4.69, 9.17) is 0 Å². The molecule has 0 aromatic heterocycles. The van der Waals surface area contributed by atoms with Gasteiger partial charge in [0, 0.05) is 15.7 Å². The molecule has 0 heterocycles. The van der Waals surface area contributed by atoms with Gasteiger partial charge in [-0.2, -0.15) is 0 Å². The Kier molecular flexibility index (Phi) is 5.33. The third-order valence-corrected chi connectivity index (χ3v) is 4.03. The molecule has 0 saturated heterocycles.